The van der Waals surface area contributed by atoms with Crippen molar-refractivity contribution in [2.24, 2.45) is 0 Å². The summed E-state index contributed by atoms with van der Waals surface area (Å²) in [5.74, 6) is 0.157. The van der Waals surface area contributed by atoms with Crippen LogP contribution in [0.15, 0.2) is 18.2 Å². The molecule has 0 aromatic heterocycles. The Hall–Kier alpha value is -1.33. The van der Waals surface area contributed by atoms with Crippen LogP contribution in [0.5, 0.6) is 5.75 Å². The highest BCUT2D eigenvalue weighted by molar-refractivity contribution is 6.32. The number of nitrogens with zero attached hydrogens (tertiary/aromatic N) is 1. The van der Waals surface area contributed by atoms with E-state index in [0.29, 0.717) is 6.61 Å². The molecule has 0 aliphatic carbocycles. The van der Waals surface area contributed by atoms with E-state index in [0.717, 1.165) is 0 Å². The summed E-state index contributed by atoms with van der Waals surface area (Å²) < 4.78 is 10.8. The van der Waals surface area contributed by atoms with Crippen molar-refractivity contribution in [3.05, 3.63) is 33.3 Å². The maximum atomic E-state index is 10.8. The number of halogens is 1. The van der Waals surface area contributed by atoms with E-state index in [-0.39, 0.29) is 28.7 Å². The molecule has 0 saturated carbocycles. The van der Waals surface area contributed by atoms with Gasteiger partial charge in [0.2, 0.25) is 0 Å². The van der Waals surface area contributed by atoms with Crippen LogP contribution in [-0.2, 0) is 4.74 Å². The lowest BCUT2D eigenvalue weighted by atomic mass is 10.2. The van der Waals surface area contributed by atoms with Gasteiger partial charge in [-0.25, -0.2) is 0 Å². The molecule has 0 amide bonds. The van der Waals surface area contributed by atoms with E-state index in [1.54, 1.807) is 6.07 Å². The van der Waals surface area contributed by atoms with Crippen molar-refractivity contribution in [3.8, 4) is 5.75 Å². The summed E-state index contributed by atoms with van der Waals surface area (Å²) in [7, 11) is 0. The molecule has 0 N–H and O–H groups in total. The van der Waals surface area contributed by atoms with E-state index in [1.807, 2.05) is 20.8 Å². The van der Waals surface area contributed by atoms with Gasteiger partial charge in [0.25, 0.3) is 0 Å². The van der Waals surface area contributed by atoms with E-state index >= 15 is 0 Å². The van der Waals surface area contributed by atoms with E-state index < -0.39 is 4.92 Å². The van der Waals surface area contributed by atoms with Crippen LogP contribution in [0.25, 0.3) is 0 Å². The molecule has 5 nitrogen and oxygen atoms in total. The number of nitro groups is 1. The Labute approximate surface area is 111 Å². The van der Waals surface area contributed by atoms with Gasteiger partial charge in [-0.1, -0.05) is 17.7 Å². The van der Waals surface area contributed by atoms with Crippen LogP contribution in [0.1, 0.15) is 20.8 Å². The maximum absolute atomic E-state index is 10.8. The second-order valence-electron chi connectivity index (χ2n) is 4.65. The van der Waals surface area contributed by atoms with Crippen molar-refractivity contribution < 1.29 is 14.4 Å². The maximum Gasteiger partial charge on any atom is 0.329 e. The third-order valence-electron chi connectivity index (χ3n) is 2.01. The zero-order chi connectivity index (χ0) is 13.8. The summed E-state index contributed by atoms with van der Waals surface area (Å²) in [4.78, 5) is 10.3. The number of hydrogen-bond acceptors (Lipinski definition) is 4. The number of benzene rings is 1. The largest absolute Gasteiger partial charge is 0.484 e. The number of rotatable bonds is 5. The highest BCUT2D eigenvalue weighted by Gasteiger charge is 2.19. The van der Waals surface area contributed by atoms with Crippen LogP contribution in [0, 0.1) is 10.1 Å². The topological polar surface area (TPSA) is 61.6 Å². The monoisotopic (exact) mass is 273 g/mol. The van der Waals surface area contributed by atoms with E-state index in [1.165, 1.54) is 12.1 Å². The zero-order valence-corrected chi connectivity index (χ0v) is 11.4. The van der Waals surface area contributed by atoms with Gasteiger partial charge in [-0.15, -0.1) is 0 Å². The van der Waals surface area contributed by atoms with Gasteiger partial charge in [0, 0.05) is 0 Å². The minimum Gasteiger partial charge on any atom is -0.484 e. The standard InChI is InChI=1S/C12H16ClNO4/c1-12(2,3)18-8-7-17-10-6-4-5-9(13)11(10)14(15)16/h4-6H,7-8H2,1-3H3. The fraction of sp³-hybridized carbons (Fsp3) is 0.500. The minimum atomic E-state index is -0.553. The van der Waals surface area contributed by atoms with Crippen molar-refractivity contribution in [1.29, 1.82) is 0 Å². The third-order valence-corrected chi connectivity index (χ3v) is 2.31. The summed E-state index contributed by atoms with van der Waals surface area (Å²) >= 11 is 5.76. The van der Waals surface area contributed by atoms with E-state index in [4.69, 9.17) is 21.1 Å². The first kappa shape index (κ1) is 14.7. The third kappa shape index (κ3) is 4.50. The molecule has 0 heterocycles. The van der Waals surface area contributed by atoms with Gasteiger partial charge in [0.05, 0.1) is 17.1 Å². The smallest absolute Gasteiger partial charge is 0.329 e. The first-order valence-electron chi connectivity index (χ1n) is 5.51. The van der Waals surface area contributed by atoms with Gasteiger partial charge in [-0.05, 0) is 32.9 Å². The molecule has 0 fully saturated rings. The molecule has 0 radical (unpaired) electrons. The van der Waals surface area contributed by atoms with Crippen LogP contribution in [0.2, 0.25) is 5.02 Å². The molecule has 1 aromatic carbocycles. The Balaban J connectivity index is 2.63. The summed E-state index contributed by atoms with van der Waals surface area (Å²) in [5, 5.41) is 10.9. The zero-order valence-electron chi connectivity index (χ0n) is 10.6. The molecule has 0 unspecified atom stereocenters. The Morgan fingerprint density at radius 3 is 2.56 bits per heavy atom. The summed E-state index contributed by atoms with van der Waals surface area (Å²) in [6.45, 7) is 6.37. The van der Waals surface area contributed by atoms with Crippen LogP contribution < -0.4 is 4.74 Å². The Morgan fingerprint density at radius 1 is 1.33 bits per heavy atom. The predicted molar refractivity (Wildman–Crippen MR) is 69.3 cm³/mol. The summed E-state index contributed by atoms with van der Waals surface area (Å²) in [6.07, 6.45) is 0. The number of ether oxygens (including phenoxy) is 2. The van der Waals surface area contributed by atoms with Crippen LogP contribution in [0.4, 0.5) is 5.69 Å². The Kier molecular flexibility index (Phi) is 4.93. The van der Waals surface area contributed by atoms with Gasteiger partial charge in [-0.3, -0.25) is 10.1 Å². The molecule has 0 bridgehead atoms. The molecule has 100 valence electrons. The number of para-hydroxylation sites is 1. The Bertz CT molecular complexity index is 429. The number of hydrogen-bond donors (Lipinski definition) is 0. The minimum absolute atomic E-state index is 0.0641. The van der Waals surface area contributed by atoms with Crippen molar-refractivity contribution in [2.45, 2.75) is 26.4 Å². The Morgan fingerprint density at radius 2 is 2.00 bits per heavy atom. The van der Waals surface area contributed by atoms with Gasteiger partial charge in [0.15, 0.2) is 5.75 Å². The van der Waals surface area contributed by atoms with Crippen molar-refractivity contribution >= 4 is 17.3 Å². The summed E-state index contributed by atoms with van der Waals surface area (Å²) in [6, 6.07) is 4.58. The first-order valence-corrected chi connectivity index (χ1v) is 5.89. The first-order chi connectivity index (χ1) is 8.31. The van der Waals surface area contributed by atoms with Crippen LogP contribution >= 0.6 is 11.6 Å². The molecule has 0 spiro atoms. The predicted octanol–water partition coefficient (Wildman–Crippen LogP) is 3.44. The molecule has 0 aliphatic rings. The normalized spacial score (nSPS) is 11.3. The van der Waals surface area contributed by atoms with Gasteiger partial charge < -0.3 is 9.47 Å². The van der Waals surface area contributed by atoms with Crippen LogP contribution in [0.3, 0.4) is 0 Å². The average Bonchev–Trinajstić information content (AvgIpc) is 2.22. The average molecular weight is 274 g/mol. The van der Waals surface area contributed by atoms with Gasteiger partial charge in [0.1, 0.15) is 11.6 Å². The summed E-state index contributed by atoms with van der Waals surface area (Å²) in [5.41, 5.74) is -0.473. The van der Waals surface area contributed by atoms with E-state index in [2.05, 4.69) is 0 Å². The van der Waals surface area contributed by atoms with Crippen molar-refractivity contribution in [2.75, 3.05) is 13.2 Å². The molecule has 0 atom stereocenters. The fourth-order valence-corrected chi connectivity index (χ4v) is 1.52. The fourth-order valence-electron chi connectivity index (χ4n) is 1.29. The number of nitro benzene ring substituents is 1. The molecule has 0 saturated heterocycles. The lowest BCUT2D eigenvalue weighted by molar-refractivity contribution is -0.385. The molecule has 0 aliphatic heterocycles. The van der Waals surface area contributed by atoms with E-state index in [9.17, 15) is 10.1 Å². The second-order valence-corrected chi connectivity index (χ2v) is 5.06. The highest BCUT2D eigenvalue weighted by atomic mass is 35.5. The molecule has 18 heavy (non-hydrogen) atoms. The van der Waals surface area contributed by atoms with Gasteiger partial charge in [-0.2, -0.15) is 0 Å². The molecular weight excluding hydrogens is 258 g/mol. The van der Waals surface area contributed by atoms with Crippen LogP contribution in [-0.4, -0.2) is 23.7 Å². The lowest BCUT2D eigenvalue weighted by Crippen LogP contribution is -2.22. The second kappa shape index (κ2) is 6.02. The molecule has 6 heteroatoms. The quantitative estimate of drug-likeness (QED) is 0.468. The van der Waals surface area contributed by atoms with Gasteiger partial charge >= 0.3 is 5.69 Å². The highest BCUT2D eigenvalue weighted by Crippen LogP contribution is 2.34. The SMILES string of the molecule is CC(C)(C)OCCOc1cccc(Cl)c1[N+](=O)[O-]. The molecule has 1 aromatic rings. The molecular formula is C12H16ClNO4. The van der Waals surface area contributed by atoms with Crippen molar-refractivity contribution in [3.63, 3.8) is 0 Å². The molecule has 1 rings (SSSR count). The van der Waals surface area contributed by atoms with Crippen molar-refractivity contribution in [1.82, 2.24) is 0 Å². The lowest BCUT2D eigenvalue weighted by Gasteiger charge is -2.19.